The highest BCUT2D eigenvalue weighted by molar-refractivity contribution is 6.07. The van der Waals surface area contributed by atoms with E-state index in [1.54, 1.807) is 42.5 Å². The zero-order chi connectivity index (χ0) is 25.9. The lowest BCUT2D eigenvalue weighted by atomic mass is 10.1. The van der Waals surface area contributed by atoms with Crippen LogP contribution >= 0.6 is 0 Å². The predicted molar refractivity (Wildman–Crippen MR) is 133 cm³/mol. The van der Waals surface area contributed by atoms with Crippen LogP contribution in [0.2, 0.25) is 0 Å². The van der Waals surface area contributed by atoms with E-state index in [1.807, 2.05) is 4.90 Å². The number of alkyl halides is 2. The van der Waals surface area contributed by atoms with E-state index in [0.29, 0.717) is 54.3 Å². The molecule has 2 aromatic carbocycles. The molecule has 9 nitrogen and oxygen atoms in total. The van der Waals surface area contributed by atoms with Crippen molar-refractivity contribution in [3.8, 4) is 17.0 Å². The first-order valence-electron chi connectivity index (χ1n) is 11.5. The van der Waals surface area contributed by atoms with E-state index in [2.05, 4.69) is 20.0 Å². The number of halogens is 2. The highest BCUT2D eigenvalue weighted by atomic mass is 19.3. The summed E-state index contributed by atoms with van der Waals surface area (Å²) >= 11 is 0. The predicted octanol–water partition coefficient (Wildman–Crippen LogP) is 4.63. The third-order valence-corrected chi connectivity index (χ3v) is 5.85. The molecule has 0 amide bonds. The Morgan fingerprint density at radius 2 is 1.92 bits per heavy atom. The number of carbonyl (C=O) groups is 1. The Balaban J connectivity index is 1.50. The molecule has 5 rings (SSSR count). The summed E-state index contributed by atoms with van der Waals surface area (Å²) in [6, 6.07) is 13.0. The van der Waals surface area contributed by atoms with Crippen LogP contribution in [0.25, 0.3) is 22.2 Å². The number of anilines is 3. The van der Waals surface area contributed by atoms with Gasteiger partial charge in [-0.05, 0) is 37.3 Å². The summed E-state index contributed by atoms with van der Waals surface area (Å²) in [7, 11) is 0. The molecule has 1 saturated heterocycles. The summed E-state index contributed by atoms with van der Waals surface area (Å²) in [6.45, 7) is 0.410. The quantitative estimate of drug-likeness (QED) is 0.282. The molecule has 4 aromatic rings. The number of benzene rings is 2. The highest BCUT2D eigenvalue weighted by Gasteiger charge is 2.24. The van der Waals surface area contributed by atoms with E-state index < -0.39 is 12.2 Å². The van der Waals surface area contributed by atoms with E-state index in [9.17, 15) is 18.4 Å². The minimum atomic E-state index is -2.97. The number of morpholine rings is 1. The van der Waals surface area contributed by atoms with E-state index >= 15 is 0 Å². The first kappa shape index (κ1) is 24.3. The Kier molecular flexibility index (Phi) is 6.78. The number of nitrogens with one attached hydrogen (secondary N) is 1. The van der Waals surface area contributed by atoms with Gasteiger partial charge in [0.1, 0.15) is 16.9 Å². The van der Waals surface area contributed by atoms with E-state index in [4.69, 9.17) is 9.15 Å². The summed E-state index contributed by atoms with van der Waals surface area (Å²) in [5.74, 6) is -0.188. The molecule has 1 aliphatic rings. The molecule has 0 aliphatic carbocycles. The second-order valence-corrected chi connectivity index (χ2v) is 8.24. The van der Waals surface area contributed by atoms with Crippen molar-refractivity contribution >= 4 is 34.1 Å². The number of hydrogen-bond donors (Lipinski definition) is 1. The van der Waals surface area contributed by atoms with Gasteiger partial charge in [-0.15, -0.1) is 0 Å². The number of rotatable bonds is 7. The highest BCUT2D eigenvalue weighted by Crippen LogP contribution is 2.33. The third kappa shape index (κ3) is 5.12. The number of hydrogen-bond acceptors (Lipinski definition) is 9. The van der Waals surface area contributed by atoms with Crippen molar-refractivity contribution in [2.75, 3.05) is 36.5 Å². The smallest absolute Gasteiger partial charge is 0.387 e. The van der Waals surface area contributed by atoms with E-state index in [-0.39, 0.29) is 28.6 Å². The number of nitrogens with zero attached hydrogens (tertiary/aromatic N) is 3. The molecule has 0 radical (unpaired) electrons. The summed E-state index contributed by atoms with van der Waals surface area (Å²) in [4.78, 5) is 35.7. The number of para-hydroxylation sites is 1. The number of Topliss-reactive ketones (excluding diaryl/α,β-unsaturated/α-hetero) is 1. The van der Waals surface area contributed by atoms with Gasteiger partial charge in [0.05, 0.1) is 24.6 Å². The zero-order valence-corrected chi connectivity index (χ0v) is 19.7. The maximum Gasteiger partial charge on any atom is 0.387 e. The van der Waals surface area contributed by atoms with Crippen LogP contribution in [0.5, 0.6) is 5.75 Å². The molecule has 0 unspecified atom stereocenters. The average molecular weight is 508 g/mol. The fourth-order valence-corrected chi connectivity index (χ4v) is 4.26. The molecule has 37 heavy (non-hydrogen) atoms. The first-order valence-corrected chi connectivity index (χ1v) is 11.5. The van der Waals surface area contributed by atoms with Crippen molar-refractivity contribution in [3.05, 3.63) is 70.7 Å². The normalized spacial score (nSPS) is 13.7. The second-order valence-electron chi connectivity index (χ2n) is 8.24. The van der Waals surface area contributed by atoms with Gasteiger partial charge in [-0.25, -0.2) is 14.8 Å². The number of ketones is 1. The molecule has 1 fully saturated rings. The third-order valence-electron chi connectivity index (χ3n) is 5.85. The van der Waals surface area contributed by atoms with Crippen molar-refractivity contribution in [1.82, 2.24) is 9.97 Å². The number of aromatic nitrogens is 2. The molecule has 1 aliphatic heterocycles. The van der Waals surface area contributed by atoms with Crippen molar-refractivity contribution < 1.29 is 27.5 Å². The molecule has 0 bridgehead atoms. The van der Waals surface area contributed by atoms with Gasteiger partial charge in [0.25, 0.3) is 0 Å². The molecule has 1 N–H and O–H groups in total. The molecule has 0 saturated carbocycles. The Hall–Kier alpha value is -4.38. The van der Waals surface area contributed by atoms with Crippen LogP contribution in [0, 0.1) is 0 Å². The second kappa shape index (κ2) is 10.3. The molecule has 190 valence electrons. The molecule has 2 aromatic heterocycles. The molecule has 11 heteroatoms. The van der Waals surface area contributed by atoms with Gasteiger partial charge >= 0.3 is 12.2 Å². The molecule has 0 atom stereocenters. The summed E-state index contributed by atoms with van der Waals surface area (Å²) in [5, 5.41) is 3.66. The monoisotopic (exact) mass is 508 g/mol. The Morgan fingerprint density at radius 1 is 1.14 bits per heavy atom. The lowest BCUT2D eigenvalue weighted by Crippen LogP contribution is -2.38. The van der Waals surface area contributed by atoms with Crippen LogP contribution in [0.15, 0.2) is 63.9 Å². The number of fused-ring (bicyclic) bond motifs is 1. The fourth-order valence-electron chi connectivity index (χ4n) is 4.26. The summed E-state index contributed by atoms with van der Waals surface area (Å²) in [6.07, 6.45) is 1.49. The summed E-state index contributed by atoms with van der Waals surface area (Å²) in [5.41, 5.74) is 1.39. The molecule has 0 spiro atoms. The average Bonchev–Trinajstić information content (AvgIpc) is 2.88. The number of ether oxygens (including phenoxy) is 2. The minimum absolute atomic E-state index is 0.00783. The maximum atomic E-state index is 12.8. The van der Waals surface area contributed by atoms with Crippen LogP contribution in [0.4, 0.5) is 26.1 Å². The Bertz CT molecular complexity index is 1520. The standard InChI is InChI=1S/C26H22F2N4O5/c1-15(33)22-23(32-10-12-35-13-11-32)18-7-6-16(14-21(18)36-24(22)34)30-26-29-9-8-19(31-26)17-4-2-3-5-20(17)37-25(27)28/h2-9,14,25H,10-13H2,1H3,(H,29,30,31). The van der Waals surface area contributed by atoms with Gasteiger partial charge in [-0.2, -0.15) is 8.78 Å². The van der Waals surface area contributed by atoms with Crippen LogP contribution < -0.4 is 20.6 Å². The van der Waals surface area contributed by atoms with E-state index in [0.717, 1.165) is 0 Å². The minimum Gasteiger partial charge on any atom is -0.434 e. The lowest BCUT2D eigenvalue weighted by Gasteiger charge is -2.30. The van der Waals surface area contributed by atoms with Gasteiger partial charge in [-0.3, -0.25) is 4.79 Å². The Labute approximate surface area is 209 Å². The van der Waals surface area contributed by atoms with Crippen LogP contribution in [0.3, 0.4) is 0 Å². The lowest BCUT2D eigenvalue weighted by molar-refractivity contribution is -0.0494. The van der Waals surface area contributed by atoms with E-state index in [1.165, 1.54) is 19.2 Å². The van der Waals surface area contributed by atoms with Crippen molar-refractivity contribution in [2.45, 2.75) is 13.5 Å². The zero-order valence-electron chi connectivity index (χ0n) is 19.7. The first-order chi connectivity index (χ1) is 17.9. The molecular formula is C26H22F2N4O5. The van der Waals surface area contributed by atoms with Gasteiger partial charge in [0, 0.05) is 42.0 Å². The number of carbonyl (C=O) groups excluding carboxylic acids is 1. The SMILES string of the molecule is CC(=O)c1c(N2CCOCC2)c2ccc(Nc3nccc(-c4ccccc4OC(F)F)n3)cc2oc1=O. The maximum absolute atomic E-state index is 12.8. The topological polar surface area (TPSA) is 107 Å². The Morgan fingerprint density at radius 3 is 2.68 bits per heavy atom. The van der Waals surface area contributed by atoms with Crippen molar-refractivity contribution in [1.29, 1.82) is 0 Å². The van der Waals surface area contributed by atoms with Crippen LogP contribution in [-0.4, -0.2) is 48.7 Å². The largest absolute Gasteiger partial charge is 0.434 e. The van der Waals surface area contributed by atoms with Crippen LogP contribution in [0.1, 0.15) is 17.3 Å². The van der Waals surface area contributed by atoms with Crippen LogP contribution in [-0.2, 0) is 4.74 Å². The van der Waals surface area contributed by atoms with Gasteiger partial charge in [0.2, 0.25) is 5.95 Å². The van der Waals surface area contributed by atoms with Gasteiger partial charge < -0.3 is 24.1 Å². The van der Waals surface area contributed by atoms with Gasteiger partial charge in [-0.1, -0.05) is 12.1 Å². The van der Waals surface area contributed by atoms with Crippen molar-refractivity contribution in [3.63, 3.8) is 0 Å². The fraction of sp³-hybridized carbons (Fsp3) is 0.231. The summed E-state index contributed by atoms with van der Waals surface area (Å²) < 4.78 is 41.2. The molecule has 3 heterocycles. The van der Waals surface area contributed by atoms with Gasteiger partial charge in [0.15, 0.2) is 5.78 Å². The molecular weight excluding hydrogens is 486 g/mol. The van der Waals surface area contributed by atoms with Crippen molar-refractivity contribution in [2.24, 2.45) is 0 Å².